The van der Waals surface area contributed by atoms with E-state index >= 15 is 0 Å². The SMILES string of the molecule is COC(=O)c1sc2nc(CN3CC=C(C)CC3)[nH]c(=O)c2c1C. The average molecular weight is 333 g/mol. The van der Waals surface area contributed by atoms with E-state index in [9.17, 15) is 9.59 Å². The number of hydrogen-bond acceptors (Lipinski definition) is 6. The largest absolute Gasteiger partial charge is 0.465 e. The van der Waals surface area contributed by atoms with Crippen molar-refractivity contribution in [3.63, 3.8) is 0 Å². The lowest BCUT2D eigenvalue weighted by atomic mass is 10.1. The normalized spacial score (nSPS) is 15.7. The number of H-pyrrole nitrogens is 1. The van der Waals surface area contributed by atoms with Crippen LogP contribution in [0.3, 0.4) is 0 Å². The summed E-state index contributed by atoms with van der Waals surface area (Å²) < 4.78 is 4.77. The van der Waals surface area contributed by atoms with Crippen molar-refractivity contribution in [1.82, 2.24) is 14.9 Å². The van der Waals surface area contributed by atoms with Crippen molar-refractivity contribution >= 4 is 27.5 Å². The highest BCUT2D eigenvalue weighted by Crippen LogP contribution is 2.27. The molecule has 0 radical (unpaired) electrons. The second-order valence-corrected chi connectivity index (χ2v) is 6.78. The molecule has 7 heteroatoms. The van der Waals surface area contributed by atoms with Crippen LogP contribution in [0.4, 0.5) is 0 Å². The number of aromatic nitrogens is 2. The van der Waals surface area contributed by atoms with Gasteiger partial charge in [-0.3, -0.25) is 9.69 Å². The average Bonchev–Trinajstić information content (AvgIpc) is 2.86. The molecule has 122 valence electrons. The molecule has 6 nitrogen and oxygen atoms in total. The summed E-state index contributed by atoms with van der Waals surface area (Å²) in [5.74, 6) is 0.205. The van der Waals surface area contributed by atoms with Crippen molar-refractivity contribution in [3.05, 3.63) is 38.3 Å². The summed E-state index contributed by atoms with van der Waals surface area (Å²) in [6, 6.07) is 0. The fraction of sp³-hybridized carbons (Fsp3) is 0.438. The Balaban J connectivity index is 1.95. The first-order valence-corrected chi connectivity index (χ1v) is 8.30. The number of fused-ring (bicyclic) bond motifs is 1. The van der Waals surface area contributed by atoms with Crippen LogP contribution in [0.15, 0.2) is 16.4 Å². The Kier molecular flexibility index (Phi) is 4.32. The van der Waals surface area contributed by atoms with E-state index in [4.69, 9.17) is 4.74 Å². The minimum atomic E-state index is -0.428. The van der Waals surface area contributed by atoms with Gasteiger partial charge >= 0.3 is 5.97 Å². The predicted octanol–water partition coefficient (Wildman–Crippen LogP) is 2.23. The molecular weight excluding hydrogens is 314 g/mol. The van der Waals surface area contributed by atoms with Crippen LogP contribution in [0.25, 0.3) is 10.2 Å². The second-order valence-electron chi connectivity index (χ2n) is 5.78. The van der Waals surface area contributed by atoms with Gasteiger partial charge in [0.05, 0.1) is 19.0 Å². The lowest BCUT2D eigenvalue weighted by Gasteiger charge is -2.24. The number of esters is 1. The summed E-state index contributed by atoms with van der Waals surface area (Å²) >= 11 is 1.21. The number of nitrogens with one attached hydrogen (secondary N) is 1. The maximum atomic E-state index is 12.4. The number of aryl methyl sites for hydroxylation is 1. The number of ether oxygens (including phenoxy) is 1. The van der Waals surface area contributed by atoms with Gasteiger partial charge in [0.1, 0.15) is 15.5 Å². The van der Waals surface area contributed by atoms with Gasteiger partial charge < -0.3 is 9.72 Å². The third kappa shape index (κ3) is 3.07. The van der Waals surface area contributed by atoms with Crippen LogP contribution in [0.2, 0.25) is 0 Å². The van der Waals surface area contributed by atoms with Gasteiger partial charge in [0.2, 0.25) is 0 Å². The zero-order chi connectivity index (χ0) is 16.6. The van der Waals surface area contributed by atoms with Crippen LogP contribution in [0.1, 0.15) is 34.4 Å². The first-order valence-electron chi connectivity index (χ1n) is 7.48. The lowest BCUT2D eigenvalue weighted by Crippen LogP contribution is -2.29. The van der Waals surface area contributed by atoms with Gasteiger partial charge in [-0.25, -0.2) is 9.78 Å². The molecule has 23 heavy (non-hydrogen) atoms. The Hall–Kier alpha value is -1.99. The van der Waals surface area contributed by atoms with Crippen LogP contribution < -0.4 is 5.56 Å². The van der Waals surface area contributed by atoms with E-state index < -0.39 is 5.97 Å². The predicted molar refractivity (Wildman–Crippen MR) is 90.0 cm³/mol. The Morgan fingerprint density at radius 2 is 2.26 bits per heavy atom. The monoisotopic (exact) mass is 333 g/mol. The highest BCUT2D eigenvalue weighted by atomic mass is 32.1. The Labute approximate surface area is 137 Å². The quantitative estimate of drug-likeness (QED) is 0.689. The molecule has 0 amide bonds. The van der Waals surface area contributed by atoms with E-state index in [0.717, 1.165) is 19.5 Å². The molecule has 2 aromatic heterocycles. The van der Waals surface area contributed by atoms with Gasteiger partial charge in [-0.15, -0.1) is 11.3 Å². The molecule has 3 heterocycles. The van der Waals surface area contributed by atoms with Gasteiger partial charge in [-0.05, 0) is 25.8 Å². The standard InChI is InChI=1S/C16H19N3O3S/c1-9-4-6-19(7-5-9)8-11-17-14(20)12-10(2)13(16(21)22-3)23-15(12)18-11/h4H,5-8H2,1-3H3,(H,17,18,20). The van der Waals surface area contributed by atoms with Crippen molar-refractivity contribution in [3.8, 4) is 0 Å². The van der Waals surface area contributed by atoms with E-state index in [1.165, 1.54) is 24.0 Å². The van der Waals surface area contributed by atoms with Crippen LogP contribution in [-0.4, -0.2) is 41.0 Å². The molecule has 0 unspecified atom stereocenters. The minimum Gasteiger partial charge on any atom is -0.465 e. The number of aromatic amines is 1. The van der Waals surface area contributed by atoms with Crippen LogP contribution in [-0.2, 0) is 11.3 Å². The molecule has 0 aliphatic carbocycles. The molecule has 0 atom stereocenters. The molecule has 1 aliphatic heterocycles. The maximum Gasteiger partial charge on any atom is 0.348 e. The molecular formula is C16H19N3O3S. The van der Waals surface area contributed by atoms with E-state index in [0.29, 0.717) is 33.0 Å². The second kappa shape index (κ2) is 6.25. The van der Waals surface area contributed by atoms with Crippen molar-refractivity contribution in [2.24, 2.45) is 0 Å². The highest BCUT2D eigenvalue weighted by Gasteiger charge is 2.20. The number of rotatable bonds is 3. The number of carbonyl (C=O) groups excluding carboxylic acids is 1. The number of nitrogens with zero attached hydrogens (tertiary/aromatic N) is 2. The number of carbonyl (C=O) groups is 1. The molecule has 0 fully saturated rings. The van der Waals surface area contributed by atoms with Gasteiger partial charge in [0, 0.05) is 13.1 Å². The molecule has 0 saturated carbocycles. The summed E-state index contributed by atoms with van der Waals surface area (Å²) in [4.78, 5) is 34.8. The first-order chi connectivity index (χ1) is 11.0. The summed E-state index contributed by atoms with van der Waals surface area (Å²) in [5.41, 5.74) is 1.83. The van der Waals surface area contributed by atoms with Crippen molar-refractivity contribution in [2.75, 3.05) is 20.2 Å². The van der Waals surface area contributed by atoms with Gasteiger partial charge in [-0.2, -0.15) is 0 Å². The fourth-order valence-electron chi connectivity index (χ4n) is 2.72. The molecule has 0 spiro atoms. The number of methoxy groups -OCH3 is 1. The van der Waals surface area contributed by atoms with E-state index in [2.05, 4.69) is 27.9 Å². The molecule has 0 aromatic carbocycles. The van der Waals surface area contributed by atoms with Gasteiger partial charge in [-0.1, -0.05) is 11.6 Å². The first kappa shape index (κ1) is 15.9. The highest BCUT2D eigenvalue weighted by molar-refractivity contribution is 7.20. The number of hydrogen-bond donors (Lipinski definition) is 1. The Bertz CT molecular complexity index is 850. The molecule has 0 saturated heterocycles. The smallest absolute Gasteiger partial charge is 0.348 e. The minimum absolute atomic E-state index is 0.197. The third-order valence-electron chi connectivity index (χ3n) is 4.11. The fourth-order valence-corrected chi connectivity index (χ4v) is 3.84. The van der Waals surface area contributed by atoms with Crippen LogP contribution in [0, 0.1) is 6.92 Å². The van der Waals surface area contributed by atoms with Gasteiger partial charge in [0.25, 0.3) is 5.56 Å². The van der Waals surface area contributed by atoms with Crippen molar-refractivity contribution in [1.29, 1.82) is 0 Å². The summed E-state index contributed by atoms with van der Waals surface area (Å²) in [7, 11) is 1.33. The maximum absolute atomic E-state index is 12.4. The zero-order valence-corrected chi connectivity index (χ0v) is 14.2. The molecule has 3 rings (SSSR count). The van der Waals surface area contributed by atoms with Crippen LogP contribution >= 0.6 is 11.3 Å². The third-order valence-corrected chi connectivity index (χ3v) is 5.28. The van der Waals surface area contributed by atoms with E-state index in [1.54, 1.807) is 6.92 Å². The Morgan fingerprint density at radius 3 is 2.91 bits per heavy atom. The van der Waals surface area contributed by atoms with Gasteiger partial charge in [0.15, 0.2) is 0 Å². The van der Waals surface area contributed by atoms with Crippen LogP contribution in [0.5, 0.6) is 0 Å². The lowest BCUT2D eigenvalue weighted by molar-refractivity contribution is 0.0605. The topological polar surface area (TPSA) is 75.3 Å². The van der Waals surface area contributed by atoms with Crippen molar-refractivity contribution < 1.29 is 9.53 Å². The summed E-state index contributed by atoms with van der Waals surface area (Å²) in [6.45, 7) is 6.30. The van der Waals surface area contributed by atoms with Crippen molar-refractivity contribution in [2.45, 2.75) is 26.8 Å². The molecule has 1 aliphatic rings. The molecule has 2 aromatic rings. The number of thiophene rings is 1. The molecule has 0 bridgehead atoms. The van der Waals surface area contributed by atoms with E-state index in [1.807, 2.05) is 0 Å². The summed E-state index contributed by atoms with van der Waals surface area (Å²) in [6.07, 6.45) is 3.24. The Morgan fingerprint density at radius 1 is 1.48 bits per heavy atom. The molecule has 1 N–H and O–H groups in total. The van der Waals surface area contributed by atoms with E-state index in [-0.39, 0.29) is 5.56 Å². The summed E-state index contributed by atoms with van der Waals surface area (Å²) in [5, 5.41) is 0.480. The zero-order valence-electron chi connectivity index (χ0n) is 13.4.